The molecule has 0 bridgehead atoms. The van der Waals surface area contributed by atoms with Gasteiger partial charge in [0.15, 0.2) is 0 Å². The maximum atomic E-state index is 4.45. The average molecular weight is 734 g/mol. The molecule has 0 spiro atoms. The van der Waals surface area contributed by atoms with Crippen LogP contribution in [0.2, 0.25) is 0 Å². The summed E-state index contributed by atoms with van der Waals surface area (Å²) >= 11 is 0. The number of aromatic nitrogens is 8. The van der Waals surface area contributed by atoms with Crippen LogP contribution in [0.1, 0.15) is 127 Å². The number of rotatable bonds is 4. The van der Waals surface area contributed by atoms with E-state index in [9.17, 15) is 0 Å². The van der Waals surface area contributed by atoms with Gasteiger partial charge in [0.2, 0.25) is 0 Å². The van der Waals surface area contributed by atoms with Crippen LogP contribution in [0.15, 0.2) is 24.8 Å². The Bertz CT molecular complexity index is 1370. The predicted octanol–water partition coefficient (Wildman–Crippen LogP) is 6.46. The minimum atomic E-state index is 0. The molecule has 0 unspecified atom stereocenters. The maximum absolute atomic E-state index is 4.45. The molecular formula is C32H42N8Pt. The fraction of sp³-hybridized carbons (Fsp3) is 0.562. The smallest absolute Gasteiger partial charge is 0.573 e. The molecule has 4 aromatic heterocycles. The largest absolute Gasteiger partial charge is 2.00 e. The van der Waals surface area contributed by atoms with Crippen LogP contribution in [0, 0.1) is 0 Å². The van der Waals surface area contributed by atoms with Gasteiger partial charge in [-0.15, -0.1) is 0 Å². The Hall–Kier alpha value is -2.73. The van der Waals surface area contributed by atoms with Gasteiger partial charge in [-0.05, 0) is 73.6 Å². The van der Waals surface area contributed by atoms with Crippen molar-refractivity contribution in [1.82, 2.24) is 40.3 Å². The van der Waals surface area contributed by atoms with Crippen LogP contribution in [0.3, 0.4) is 0 Å². The molecule has 0 radical (unpaired) electrons. The fourth-order valence-electron chi connectivity index (χ4n) is 5.92. The summed E-state index contributed by atoms with van der Waals surface area (Å²) in [4.78, 5) is 17.5. The summed E-state index contributed by atoms with van der Waals surface area (Å²) in [6.45, 7) is 17.6. The molecule has 0 N–H and O–H groups in total. The van der Waals surface area contributed by atoms with Gasteiger partial charge < -0.3 is 20.4 Å². The Morgan fingerprint density at radius 2 is 1.02 bits per heavy atom. The summed E-state index contributed by atoms with van der Waals surface area (Å²) in [5.41, 5.74) is 11.0. The van der Waals surface area contributed by atoms with Gasteiger partial charge in [0.25, 0.3) is 0 Å². The Labute approximate surface area is 258 Å². The zero-order chi connectivity index (χ0) is 28.7. The first-order valence-corrected chi connectivity index (χ1v) is 14.7. The van der Waals surface area contributed by atoms with E-state index in [-0.39, 0.29) is 31.9 Å². The van der Waals surface area contributed by atoms with Gasteiger partial charge in [0.05, 0.1) is 11.4 Å². The van der Waals surface area contributed by atoms with E-state index in [4.69, 9.17) is 0 Å². The molecule has 2 aliphatic rings. The molecule has 220 valence electrons. The Morgan fingerprint density at radius 1 is 0.634 bits per heavy atom. The predicted molar refractivity (Wildman–Crippen MR) is 157 cm³/mol. The molecular weight excluding hydrogens is 691 g/mol. The molecule has 41 heavy (non-hydrogen) atoms. The second-order valence-corrected chi connectivity index (χ2v) is 13.2. The van der Waals surface area contributed by atoms with Gasteiger partial charge >= 0.3 is 21.1 Å². The number of nitrogens with zero attached hydrogens (tertiary/aromatic N) is 8. The molecule has 0 saturated heterocycles. The second-order valence-electron chi connectivity index (χ2n) is 13.2. The third-order valence-electron chi connectivity index (χ3n) is 8.43. The first-order valence-electron chi connectivity index (χ1n) is 14.7. The monoisotopic (exact) mass is 733 g/mol. The second kappa shape index (κ2) is 12.2. The topological polar surface area (TPSA) is 106 Å². The minimum absolute atomic E-state index is 0. The van der Waals surface area contributed by atoms with Crippen molar-refractivity contribution in [2.75, 3.05) is 0 Å². The molecule has 4 aromatic rings. The van der Waals surface area contributed by atoms with E-state index in [2.05, 4.69) is 108 Å². The van der Waals surface area contributed by atoms with E-state index in [0.717, 1.165) is 58.4 Å². The van der Waals surface area contributed by atoms with Crippen LogP contribution in [0.5, 0.6) is 0 Å². The molecule has 0 aromatic carbocycles. The summed E-state index contributed by atoms with van der Waals surface area (Å²) in [5.74, 6) is 0.791. The van der Waals surface area contributed by atoms with Crippen LogP contribution in [-0.4, -0.2) is 30.1 Å². The fourth-order valence-corrected chi connectivity index (χ4v) is 5.92. The molecule has 9 heteroatoms. The van der Waals surface area contributed by atoms with E-state index in [1.165, 1.54) is 36.8 Å². The van der Waals surface area contributed by atoms with Gasteiger partial charge in [-0.25, -0.2) is 19.9 Å². The van der Waals surface area contributed by atoms with Crippen LogP contribution >= 0.6 is 0 Å². The van der Waals surface area contributed by atoms with E-state index in [1.54, 1.807) is 12.7 Å². The first-order chi connectivity index (χ1) is 19.0. The van der Waals surface area contributed by atoms with E-state index >= 15 is 0 Å². The molecule has 8 nitrogen and oxygen atoms in total. The van der Waals surface area contributed by atoms with E-state index in [0.29, 0.717) is 11.8 Å². The molecule has 6 rings (SSSR count). The molecule has 0 saturated carbocycles. The van der Waals surface area contributed by atoms with Crippen molar-refractivity contribution >= 4 is 0 Å². The minimum Gasteiger partial charge on any atom is -0.573 e. The summed E-state index contributed by atoms with van der Waals surface area (Å²) < 4.78 is 0. The quantitative estimate of drug-likeness (QED) is 0.235. The third-order valence-corrected chi connectivity index (χ3v) is 8.43. The molecule has 0 aliphatic heterocycles. The van der Waals surface area contributed by atoms with Crippen LogP contribution in [-0.2, 0) is 44.7 Å². The first kappa shape index (κ1) is 31.2. The summed E-state index contributed by atoms with van der Waals surface area (Å²) in [6.07, 6.45) is 10.1. The number of hydrogen-bond acceptors (Lipinski definition) is 6. The van der Waals surface area contributed by atoms with Gasteiger partial charge in [-0.3, -0.25) is 0 Å². The van der Waals surface area contributed by atoms with Crippen molar-refractivity contribution in [1.29, 1.82) is 0 Å². The van der Waals surface area contributed by atoms with Gasteiger partial charge in [-0.1, -0.05) is 66.8 Å². The third kappa shape index (κ3) is 6.38. The van der Waals surface area contributed by atoms with Gasteiger partial charge in [0, 0.05) is 33.6 Å². The van der Waals surface area contributed by atoms with Crippen molar-refractivity contribution in [3.63, 3.8) is 0 Å². The number of hydrogen-bond donors (Lipinski definition) is 0. The summed E-state index contributed by atoms with van der Waals surface area (Å²) in [7, 11) is 0. The normalized spacial score (nSPS) is 16.8. The van der Waals surface area contributed by atoms with E-state index in [1.807, 2.05) is 0 Å². The molecule has 4 heterocycles. The Balaban J connectivity index is 0.000000184. The van der Waals surface area contributed by atoms with Crippen LogP contribution in [0.4, 0.5) is 0 Å². The van der Waals surface area contributed by atoms with Gasteiger partial charge in [-0.2, -0.15) is 0 Å². The standard InChI is InChI=1S/2C16H21N4.Pt/c2*1-10(2)12-8-13(18-9-17-12)14-11-6-5-7-16(3,4)15(11)20-19-14;/h2*8-10H,5-7H2,1-4H3;/q2*-1;+2. The van der Waals surface area contributed by atoms with Crippen molar-refractivity contribution in [3.8, 4) is 22.8 Å². The van der Waals surface area contributed by atoms with Crippen molar-refractivity contribution in [2.24, 2.45) is 0 Å². The molecule has 0 amide bonds. The maximum Gasteiger partial charge on any atom is 2.00 e. The SMILES string of the molecule is CC(C)c1cc(-c2[n-]nc3c2CCCC3(C)C)ncn1.CC(C)c1cc(-c2[n-]nc3c2CCCC3(C)C)ncn1.[Pt+2]. The zero-order valence-corrected chi connectivity index (χ0v) is 27.9. The summed E-state index contributed by atoms with van der Waals surface area (Å²) in [6, 6.07) is 4.10. The Morgan fingerprint density at radius 3 is 1.39 bits per heavy atom. The average Bonchev–Trinajstić information content (AvgIpc) is 3.55. The molecule has 2 aliphatic carbocycles. The van der Waals surface area contributed by atoms with Gasteiger partial charge in [0.1, 0.15) is 12.7 Å². The van der Waals surface area contributed by atoms with Crippen LogP contribution in [0.25, 0.3) is 22.8 Å². The summed E-state index contributed by atoms with van der Waals surface area (Å²) in [5, 5.41) is 17.7. The van der Waals surface area contributed by atoms with Crippen molar-refractivity contribution in [2.45, 2.75) is 117 Å². The number of fused-ring (bicyclic) bond motifs is 2. The van der Waals surface area contributed by atoms with Crippen LogP contribution < -0.4 is 10.2 Å². The van der Waals surface area contributed by atoms with Crippen molar-refractivity contribution in [3.05, 3.63) is 58.7 Å². The van der Waals surface area contributed by atoms with E-state index < -0.39 is 0 Å². The van der Waals surface area contributed by atoms with Crippen molar-refractivity contribution < 1.29 is 21.1 Å². The molecule has 0 atom stereocenters. The Kier molecular flexibility index (Phi) is 9.32. The zero-order valence-electron chi connectivity index (χ0n) is 25.6. The molecule has 0 fully saturated rings.